The molecule has 0 bridgehead atoms. The highest BCUT2D eigenvalue weighted by Gasteiger charge is 2.31. The Bertz CT molecular complexity index is 1040. The van der Waals surface area contributed by atoms with Crippen molar-refractivity contribution in [1.82, 2.24) is 19.0 Å². The number of imidazole rings is 1. The van der Waals surface area contributed by atoms with Crippen LogP contribution in [0, 0.1) is 6.92 Å². The van der Waals surface area contributed by atoms with Crippen molar-refractivity contribution in [3.63, 3.8) is 0 Å². The van der Waals surface area contributed by atoms with Crippen LogP contribution in [-0.4, -0.2) is 41.8 Å². The van der Waals surface area contributed by atoms with Crippen LogP contribution in [-0.2, 0) is 16.6 Å². The fourth-order valence-corrected chi connectivity index (χ4v) is 4.51. The number of nitrogens with zero attached hydrogens (tertiary/aromatic N) is 3. The summed E-state index contributed by atoms with van der Waals surface area (Å²) in [6.45, 7) is 3.96. The largest absolute Gasteiger partial charge is 0.301 e. The lowest BCUT2D eigenvalue weighted by atomic mass is 10.1. The van der Waals surface area contributed by atoms with Crippen LogP contribution >= 0.6 is 11.6 Å². The van der Waals surface area contributed by atoms with Gasteiger partial charge in [-0.05, 0) is 31.2 Å². The number of halogens is 1. The average Bonchev–Trinajstić information content (AvgIpc) is 2.95. The van der Waals surface area contributed by atoms with Gasteiger partial charge in [0.05, 0.1) is 21.8 Å². The Hall–Kier alpha value is -1.93. The fourth-order valence-electron chi connectivity index (χ4n) is 3.13. The summed E-state index contributed by atoms with van der Waals surface area (Å²) in [7, 11) is -3.47. The molecule has 0 unspecified atom stereocenters. The van der Waals surface area contributed by atoms with Crippen molar-refractivity contribution in [3.05, 3.63) is 65.1 Å². The molecule has 1 aromatic carbocycles. The van der Waals surface area contributed by atoms with Gasteiger partial charge in [0.2, 0.25) is 10.0 Å². The number of aromatic nitrogens is 2. The second-order valence-corrected chi connectivity index (χ2v) is 8.80. The molecule has 3 aromatic rings. The molecule has 1 fully saturated rings. The molecule has 0 atom stereocenters. The minimum absolute atomic E-state index is 0.0796. The van der Waals surface area contributed by atoms with E-state index in [4.69, 9.17) is 11.6 Å². The maximum atomic E-state index is 12.4. The molecule has 6 nitrogen and oxygen atoms in total. The van der Waals surface area contributed by atoms with Gasteiger partial charge in [0, 0.05) is 31.9 Å². The van der Waals surface area contributed by atoms with Gasteiger partial charge < -0.3 is 4.40 Å². The third-order valence-electron chi connectivity index (χ3n) is 4.54. The van der Waals surface area contributed by atoms with Gasteiger partial charge in [0.25, 0.3) is 0 Å². The zero-order valence-electron chi connectivity index (χ0n) is 14.3. The lowest BCUT2D eigenvalue weighted by Gasteiger charge is -2.39. The van der Waals surface area contributed by atoms with Crippen LogP contribution in [0.5, 0.6) is 0 Å². The van der Waals surface area contributed by atoms with Crippen molar-refractivity contribution >= 4 is 27.3 Å². The zero-order valence-corrected chi connectivity index (χ0v) is 15.8. The number of nitrogens with one attached hydrogen (secondary N) is 1. The van der Waals surface area contributed by atoms with Gasteiger partial charge in [-0.15, -0.1) is 0 Å². The van der Waals surface area contributed by atoms with Gasteiger partial charge in [-0.1, -0.05) is 29.3 Å². The number of rotatable bonds is 5. The molecule has 136 valence electrons. The molecule has 26 heavy (non-hydrogen) atoms. The van der Waals surface area contributed by atoms with E-state index in [1.54, 1.807) is 24.3 Å². The summed E-state index contributed by atoms with van der Waals surface area (Å²) >= 11 is 6.06. The first-order valence-corrected chi connectivity index (χ1v) is 10.2. The smallest absolute Gasteiger partial charge is 0.240 e. The van der Waals surface area contributed by atoms with E-state index >= 15 is 0 Å². The van der Waals surface area contributed by atoms with Crippen LogP contribution in [0.3, 0.4) is 0 Å². The van der Waals surface area contributed by atoms with Crippen molar-refractivity contribution < 1.29 is 8.42 Å². The molecule has 1 saturated heterocycles. The molecule has 1 aliphatic rings. The minimum Gasteiger partial charge on any atom is -0.301 e. The van der Waals surface area contributed by atoms with Gasteiger partial charge in [-0.3, -0.25) is 4.90 Å². The number of likely N-dealkylation sites (tertiary alicyclic amines) is 1. The molecule has 0 saturated carbocycles. The second kappa shape index (κ2) is 6.66. The number of hydrogen-bond acceptors (Lipinski definition) is 4. The van der Waals surface area contributed by atoms with Gasteiger partial charge in [-0.25, -0.2) is 18.1 Å². The predicted molar refractivity (Wildman–Crippen MR) is 101 cm³/mol. The highest BCUT2D eigenvalue weighted by molar-refractivity contribution is 7.89. The van der Waals surface area contributed by atoms with Crippen LogP contribution in [0.1, 0.15) is 11.3 Å². The molecule has 1 aliphatic heterocycles. The first-order valence-electron chi connectivity index (χ1n) is 8.33. The number of pyridine rings is 1. The van der Waals surface area contributed by atoms with Crippen molar-refractivity contribution in [3.8, 4) is 0 Å². The normalized spacial score (nSPS) is 16.1. The lowest BCUT2D eigenvalue weighted by Crippen LogP contribution is -2.58. The van der Waals surface area contributed by atoms with Crippen LogP contribution in [0.25, 0.3) is 5.65 Å². The van der Waals surface area contributed by atoms with E-state index in [0.29, 0.717) is 29.6 Å². The first-order chi connectivity index (χ1) is 12.4. The Morgan fingerprint density at radius 1 is 1.19 bits per heavy atom. The quantitative estimate of drug-likeness (QED) is 0.726. The molecule has 8 heteroatoms. The Morgan fingerprint density at radius 2 is 1.92 bits per heavy atom. The average molecular weight is 391 g/mol. The van der Waals surface area contributed by atoms with E-state index in [0.717, 1.165) is 16.9 Å². The Morgan fingerprint density at radius 3 is 2.65 bits per heavy atom. The van der Waals surface area contributed by atoms with E-state index < -0.39 is 10.0 Å². The van der Waals surface area contributed by atoms with Gasteiger partial charge >= 0.3 is 0 Å². The number of hydrogen-bond donors (Lipinski definition) is 1. The summed E-state index contributed by atoms with van der Waals surface area (Å²) in [5, 5.41) is 0.657. The topological polar surface area (TPSA) is 66.7 Å². The van der Waals surface area contributed by atoms with E-state index in [1.165, 1.54) is 0 Å². The lowest BCUT2D eigenvalue weighted by molar-refractivity contribution is 0.130. The van der Waals surface area contributed by atoms with Crippen LogP contribution in [0.15, 0.2) is 53.7 Å². The first kappa shape index (κ1) is 17.5. The summed E-state index contributed by atoms with van der Waals surface area (Å²) in [5.41, 5.74) is 2.91. The monoisotopic (exact) mass is 390 g/mol. The van der Waals surface area contributed by atoms with Crippen LogP contribution < -0.4 is 4.72 Å². The Balaban J connectivity index is 1.38. The Labute approximate surface area is 157 Å². The number of benzene rings is 1. The van der Waals surface area contributed by atoms with Crippen molar-refractivity contribution in [2.45, 2.75) is 24.4 Å². The third-order valence-corrected chi connectivity index (χ3v) is 6.30. The minimum atomic E-state index is -3.47. The van der Waals surface area contributed by atoms with E-state index in [-0.39, 0.29) is 6.04 Å². The standard InChI is InChI=1S/C18H19ClN4O2S/c1-13-2-5-17(6-3-13)26(24,25)21-15-10-22(11-15)12-16-8-20-18-7-4-14(19)9-23(16)18/h2-9,15,21H,10-12H2,1H3. The molecule has 0 amide bonds. The zero-order chi connectivity index (χ0) is 18.3. The SMILES string of the molecule is Cc1ccc(S(=O)(=O)NC2CN(Cc3cnc4ccc(Cl)cn34)C2)cc1. The van der Waals surface area contributed by atoms with Crippen molar-refractivity contribution in [2.24, 2.45) is 0 Å². The van der Waals surface area contributed by atoms with Crippen molar-refractivity contribution in [1.29, 1.82) is 0 Å². The number of aryl methyl sites for hydroxylation is 1. The second-order valence-electron chi connectivity index (χ2n) is 6.65. The highest BCUT2D eigenvalue weighted by atomic mass is 35.5. The van der Waals surface area contributed by atoms with Gasteiger partial charge in [0.1, 0.15) is 5.65 Å². The Kier molecular flexibility index (Phi) is 4.48. The van der Waals surface area contributed by atoms with E-state index in [2.05, 4.69) is 14.6 Å². The summed E-state index contributed by atoms with van der Waals surface area (Å²) in [4.78, 5) is 6.84. The van der Waals surface area contributed by atoms with Crippen LogP contribution in [0.4, 0.5) is 0 Å². The van der Waals surface area contributed by atoms with Crippen molar-refractivity contribution in [2.75, 3.05) is 13.1 Å². The molecule has 1 N–H and O–H groups in total. The molecule has 3 heterocycles. The summed E-state index contributed by atoms with van der Waals surface area (Å²) in [6.07, 6.45) is 3.67. The number of fused-ring (bicyclic) bond motifs is 1. The fraction of sp³-hybridized carbons (Fsp3) is 0.278. The molecule has 0 aliphatic carbocycles. The van der Waals surface area contributed by atoms with Gasteiger partial charge in [0.15, 0.2) is 0 Å². The molecule has 0 spiro atoms. The van der Waals surface area contributed by atoms with E-state index in [9.17, 15) is 8.42 Å². The van der Waals surface area contributed by atoms with Gasteiger partial charge in [-0.2, -0.15) is 0 Å². The predicted octanol–water partition coefficient (Wildman–Crippen LogP) is 2.46. The molecule has 0 radical (unpaired) electrons. The maximum absolute atomic E-state index is 12.4. The van der Waals surface area contributed by atoms with E-state index in [1.807, 2.05) is 35.9 Å². The summed E-state index contributed by atoms with van der Waals surface area (Å²) < 4.78 is 29.6. The highest BCUT2D eigenvalue weighted by Crippen LogP contribution is 2.19. The van der Waals surface area contributed by atoms with Crippen LogP contribution in [0.2, 0.25) is 5.02 Å². The molecule has 2 aromatic heterocycles. The molecular weight excluding hydrogens is 372 g/mol. The third kappa shape index (κ3) is 3.48. The molecule has 4 rings (SSSR count). The summed E-state index contributed by atoms with van der Waals surface area (Å²) in [5.74, 6) is 0. The number of sulfonamides is 1. The summed E-state index contributed by atoms with van der Waals surface area (Å²) in [6, 6.07) is 10.5. The molecular formula is C18H19ClN4O2S. The maximum Gasteiger partial charge on any atom is 0.240 e.